The molecule has 66 heavy (non-hydrogen) atoms. The normalized spacial score (nSPS) is 13.8. The monoisotopic (exact) mass is 932 g/mol. The predicted molar refractivity (Wildman–Crippen MR) is 288 cm³/mol. The number of aliphatic hydroxyl groups excluding tert-OH is 4. The molecule has 0 aromatic rings. The van der Waals surface area contributed by atoms with E-state index >= 15 is 0 Å². The van der Waals surface area contributed by atoms with Gasteiger partial charge in [-0.3, -0.25) is 4.79 Å². The number of hydrogen-bond donors (Lipinski definition) is 5. The number of nitrogens with one attached hydrogen (secondary N) is 1. The van der Waals surface area contributed by atoms with Crippen molar-refractivity contribution in [3.8, 4) is 0 Å². The zero-order chi connectivity index (χ0) is 48.1. The summed E-state index contributed by atoms with van der Waals surface area (Å²) in [6.45, 7) is 4.08. The van der Waals surface area contributed by atoms with Gasteiger partial charge in [0, 0.05) is 0 Å². The van der Waals surface area contributed by atoms with Gasteiger partial charge in [-0.2, -0.15) is 0 Å². The van der Waals surface area contributed by atoms with Crippen molar-refractivity contribution in [3.63, 3.8) is 0 Å². The Kier molecular flexibility index (Phi) is 53.7. The molecular formula is C60H117NO5. The largest absolute Gasteiger partial charge is 0.394 e. The number of rotatable bonds is 55. The highest BCUT2D eigenvalue weighted by molar-refractivity contribution is 5.80. The number of carbonyl (C=O) groups excluding carboxylic acids is 1. The Labute approximate surface area is 412 Å². The van der Waals surface area contributed by atoms with E-state index in [9.17, 15) is 25.2 Å². The molecule has 5 N–H and O–H groups in total. The Morgan fingerprint density at radius 1 is 0.364 bits per heavy atom. The molecule has 4 atom stereocenters. The van der Waals surface area contributed by atoms with E-state index < -0.39 is 36.9 Å². The van der Waals surface area contributed by atoms with E-state index in [2.05, 4.69) is 43.5 Å². The van der Waals surface area contributed by atoms with Gasteiger partial charge in [0.05, 0.1) is 18.8 Å². The third-order valence-electron chi connectivity index (χ3n) is 14.1. The van der Waals surface area contributed by atoms with Crippen molar-refractivity contribution >= 4 is 5.91 Å². The molecule has 0 aromatic heterocycles. The van der Waals surface area contributed by atoms with Crippen LogP contribution in [0.15, 0.2) is 24.3 Å². The Bertz CT molecular complexity index is 1000. The van der Waals surface area contributed by atoms with Crippen molar-refractivity contribution in [2.24, 2.45) is 0 Å². The minimum Gasteiger partial charge on any atom is -0.394 e. The average molecular weight is 933 g/mol. The summed E-state index contributed by atoms with van der Waals surface area (Å²) in [6.07, 6.45) is 66.9. The number of hydrogen-bond acceptors (Lipinski definition) is 5. The minimum atomic E-state index is -1.28. The van der Waals surface area contributed by atoms with E-state index in [0.29, 0.717) is 12.8 Å². The van der Waals surface area contributed by atoms with Crippen LogP contribution in [0.1, 0.15) is 322 Å². The first-order chi connectivity index (χ1) is 32.5. The molecule has 1 amide bonds. The minimum absolute atomic E-state index is 0.366. The van der Waals surface area contributed by atoms with Crippen LogP contribution in [-0.2, 0) is 4.79 Å². The molecule has 0 aliphatic heterocycles. The Morgan fingerprint density at radius 3 is 0.909 bits per heavy atom. The third-order valence-corrected chi connectivity index (χ3v) is 14.1. The smallest absolute Gasteiger partial charge is 0.249 e. The molecule has 4 unspecified atom stereocenters. The quantitative estimate of drug-likeness (QED) is 0.0308. The first-order valence-corrected chi connectivity index (χ1v) is 29.7. The fourth-order valence-corrected chi connectivity index (χ4v) is 9.46. The van der Waals surface area contributed by atoms with Gasteiger partial charge >= 0.3 is 0 Å². The summed E-state index contributed by atoms with van der Waals surface area (Å²) < 4.78 is 0. The summed E-state index contributed by atoms with van der Waals surface area (Å²) in [7, 11) is 0. The summed E-state index contributed by atoms with van der Waals surface area (Å²) in [5.74, 6) is -0.588. The fourth-order valence-electron chi connectivity index (χ4n) is 9.46. The number of carbonyl (C=O) groups is 1. The van der Waals surface area contributed by atoms with Crippen LogP contribution in [0, 0.1) is 0 Å². The first kappa shape index (κ1) is 64.8. The third kappa shape index (κ3) is 47.8. The zero-order valence-corrected chi connectivity index (χ0v) is 44.5. The standard InChI is InChI=1S/C60H117NO5/c1-3-5-7-9-11-13-15-17-19-21-23-24-25-26-27-28-29-30-31-32-33-34-36-38-40-42-44-46-48-50-52-54-58(64)60(66)61-56(55-62)59(65)57(63)53-51-49-47-45-43-41-39-37-35-22-20-18-16-14-12-10-8-6-4-2/h26-27,45,47,56-59,62-65H,3-25,28-44,46,48-55H2,1-2H3,(H,61,66)/b27-26-,47-45+. The highest BCUT2D eigenvalue weighted by Crippen LogP contribution is 2.18. The van der Waals surface area contributed by atoms with Gasteiger partial charge in [-0.15, -0.1) is 0 Å². The molecule has 0 aliphatic carbocycles. The summed E-state index contributed by atoms with van der Waals surface area (Å²) in [6, 6.07) is -1.00. The van der Waals surface area contributed by atoms with Crippen LogP contribution in [0.5, 0.6) is 0 Å². The highest BCUT2D eigenvalue weighted by atomic mass is 16.3. The molecule has 6 nitrogen and oxygen atoms in total. The van der Waals surface area contributed by atoms with Gasteiger partial charge in [0.1, 0.15) is 12.2 Å². The molecule has 0 bridgehead atoms. The molecule has 6 heteroatoms. The summed E-state index contributed by atoms with van der Waals surface area (Å²) >= 11 is 0. The first-order valence-electron chi connectivity index (χ1n) is 29.7. The van der Waals surface area contributed by atoms with Crippen LogP contribution in [0.2, 0.25) is 0 Å². The van der Waals surface area contributed by atoms with E-state index in [-0.39, 0.29) is 0 Å². The molecule has 0 saturated carbocycles. The van der Waals surface area contributed by atoms with Gasteiger partial charge in [0.25, 0.3) is 0 Å². The van der Waals surface area contributed by atoms with Crippen LogP contribution in [0.3, 0.4) is 0 Å². The molecular weight excluding hydrogens is 815 g/mol. The number of amides is 1. The highest BCUT2D eigenvalue weighted by Gasteiger charge is 2.28. The predicted octanol–water partition coefficient (Wildman–Crippen LogP) is 17.4. The van der Waals surface area contributed by atoms with Crippen molar-refractivity contribution < 1.29 is 25.2 Å². The van der Waals surface area contributed by atoms with Crippen molar-refractivity contribution in [2.75, 3.05) is 6.61 Å². The Balaban J connectivity index is 3.59. The number of unbranched alkanes of at least 4 members (excludes halogenated alkanes) is 42. The molecule has 0 aromatic carbocycles. The molecule has 0 heterocycles. The second-order valence-corrected chi connectivity index (χ2v) is 20.7. The SMILES string of the molecule is CCCCCCCCCCCCCC/C=C\CCCCCCCCCCCCCCCCCC(O)C(=O)NC(CO)C(O)C(O)CCC/C=C/CCCCCCCCCCCCCCCC. The van der Waals surface area contributed by atoms with Crippen molar-refractivity contribution in [3.05, 3.63) is 24.3 Å². The van der Waals surface area contributed by atoms with Gasteiger partial charge < -0.3 is 25.7 Å². The fraction of sp³-hybridized carbons (Fsp3) is 0.917. The lowest BCUT2D eigenvalue weighted by Crippen LogP contribution is -2.53. The van der Waals surface area contributed by atoms with Crippen LogP contribution < -0.4 is 5.32 Å². The van der Waals surface area contributed by atoms with Gasteiger partial charge in [-0.25, -0.2) is 0 Å². The second kappa shape index (κ2) is 54.7. The molecule has 0 saturated heterocycles. The lowest BCUT2D eigenvalue weighted by molar-refractivity contribution is -0.132. The van der Waals surface area contributed by atoms with Gasteiger partial charge in [-0.05, 0) is 64.2 Å². The van der Waals surface area contributed by atoms with E-state index in [1.54, 1.807) is 0 Å². The van der Waals surface area contributed by atoms with Crippen molar-refractivity contribution in [1.82, 2.24) is 5.32 Å². The van der Waals surface area contributed by atoms with Crippen LogP contribution in [-0.4, -0.2) is 57.3 Å². The van der Waals surface area contributed by atoms with Crippen molar-refractivity contribution in [2.45, 2.75) is 346 Å². The van der Waals surface area contributed by atoms with E-state index in [1.807, 2.05) is 0 Å². The van der Waals surface area contributed by atoms with E-state index in [1.165, 1.54) is 257 Å². The summed E-state index contributed by atoms with van der Waals surface area (Å²) in [5.41, 5.74) is 0. The number of allylic oxidation sites excluding steroid dienone is 4. The van der Waals surface area contributed by atoms with E-state index in [4.69, 9.17) is 0 Å². The summed E-state index contributed by atoms with van der Waals surface area (Å²) in [4.78, 5) is 12.6. The zero-order valence-electron chi connectivity index (χ0n) is 44.5. The second-order valence-electron chi connectivity index (χ2n) is 20.7. The maximum atomic E-state index is 12.6. The maximum Gasteiger partial charge on any atom is 0.249 e. The van der Waals surface area contributed by atoms with Crippen LogP contribution in [0.4, 0.5) is 0 Å². The lowest BCUT2D eigenvalue weighted by atomic mass is 10.00. The Hall–Kier alpha value is -1.21. The topological polar surface area (TPSA) is 110 Å². The number of aliphatic hydroxyl groups is 4. The van der Waals surface area contributed by atoms with Crippen molar-refractivity contribution in [1.29, 1.82) is 0 Å². The lowest BCUT2D eigenvalue weighted by Gasteiger charge is -2.27. The molecule has 0 spiro atoms. The molecule has 0 fully saturated rings. The van der Waals surface area contributed by atoms with Gasteiger partial charge in [-0.1, -0.05) is 282 Å². The molecule has 0 aliphatic rings. The van der Waals surface area contributed by atoms with Crippen LogP contribution in [0.25, 0.3) is 0 Å². The van der Waals surface area contributed by atoms with Crippen LogP contribution >= 0.6 is 0 Å². The molecule has 0 radical (unpaired) electrons. The molecule has 0 rings (SSSR count). The van der Waals surface area contributed by atoms with Gasteiger partial charge in [0.2, 0.25) is 5.91 Å². The molecule has 392 valence electrons. The maximum absolute atomic E-state index is 12.6. The van der Waals surface area contributed by atoms with Gasteiger partial charge in [0.15, 0.2) is 0 Å². The average Bonchev–Trinajstić information content (AvgIpc) is 3.32. The Morgan fingerprint density at radius 2 is 0.621 bits per heavy atom. The van der Waals surface area contributed by atoms with E-state index in [0.717, 1.165) is 38.5 Å². The summed E-state index contributed by atoms with van der Waals surface area (Å²) in [5, 5.41) is 44.0.